The van der Waals surface area contributed by atoms with Gasteiger partial charge in [0.2, 0.25) is 20.9 Å². The Morgan fingerprint density at radius 2 is 1.91 bits per heavy atom. The number of hydrogen-bond donors (Lipinski definition) is 1. The maximum atomic E-state index is 17.0. The van der Waals surface area contributed by atoms with Crippen molar-refractivity contribution < 1.29 is 31.4 Å². The van der Waals surface area contributed by atoms with E-state index in [1.54, 1.807) is 48.4 Å². The van der Waals surface area contributed by atoms with Gasteiger partial charge in [-0.25, -0.2) is 37.1 Å². The summed E-state index contributed by atoms with van der Waals surface area (Å²) in [5.74, 6) is -0.953. The molecule has 1 aliphatic rings. The Bertz CT molecular complexity index is 2100. The van der Waals surface area contributed by atoms with Gasteiger partial charge in [0.15, 0.2) is 12.6 Å². The second-order valence-electron chi connectivity index (χ2n) is 10.7. The van der Waals surface area contributed by atoms with Crippen molar-refractivity contribution in [1.82, 2.24) is 19.9 Å². The highest BCUT2D eigenvalue weighted by atomic mass is 32.2. The number of aromatic nitrogens is 4. The van der Waals surface area contributed by atoms with E-state index >= 15 is 8.78 Å². The van der Waals surface area contributed by atoms with E-state index in [2.05, 4.69) is 19.9 Å². The number of fused-ring (bicyclic) bond motifs is 1. The SMILES string of the molecule is CCc1c(F)ccc2cc(OCOC)cc(-c3nc4c5c(nc(S(=O)(=O)CC)nc5c3F)N(C(C)c3cccnc3N)CCO4)c12. The monoisotopic (exact) mass is 650 g/mol. The van der Waals surface area contributed by atoms with E-state index in [0.29, 0.717) is 34.1 Å². The molecule has 2 N–H and O–H groups in total. The normalized spacial score (nSPS) is 13.9. The lowest BCUT2D eigenvalue weighted by Crippen LogP contribution is -2.32. The number of nitrogen functional groups attached to an aromatic ring is 1. The Balaban J connectivity index is 1.69. The summed E-state index contributed by atoms with van der Waals surface area (Å²) in [7, 11) is -2.54. The standard InChI is InChI=1S/C32H32F2N6O5S/c1-5-20-23(33)10-9-18-14-19(45-16-43-4)15-22(24(18)20)27-26(34)28-25-30(39-32(38-28)46(41,42)6-2)40(12-13-44-31(25)37-27)17(3)21-8-7-11-36-29(21)35/h7-11,14-15,17H,5-6,12-13,16H2,1-4H3,(H2,35,36). The lowest BCUT2D eigenvalue weighted by atomic mass is 9.94. The van der Waals surface area contributed by atoms with Crippen LogP contribution >= 0.6 is 0 Å². The van der Waals surface area contributed by atoms with Gasteiger partial charge in [-0.15, -0.1) is 0 Å². The molecule has 0 saturated heterocycles. The summed E-state index contributed by atoms with van der Waals surface area (Å²) in [6.07, 6.45) is 1.87. The van der Waals surface area contributed by atoms with Crippen LogP contribution in [-0.4, -0.2) is 61.2 Å². The van der Waals surface area contributed by atoms with E-state index in [9.17, 15) is 8.42 Å². The quantitative estimate of drug-likeness (QED) is 0.162. The third kappa shape index (κ3) is 5.30. The number of benzene rings is 2. The summed E-state index contributed by atoms with van der Waals surface area (Å²) in [5, 5.41) is 0.569. The van der Waals surface area contributed by atoms with Crippen LogP contribution in [0.3, 0.4) is 0 Å². The molecule has 46 heavy (non-hydrogen) atoms. The maximum absolute atomic E-state index is 17.0. The fourth-order valence-corrected chi connectivity index (χ4v) is 6.48. The molecule has 0 saturated carbocycles. The highest BCUT2D eigenvalue weighted by Gasteiger charge is 2.33. The topological polar surface area (TPSA) is 143 Å². The van der Waals surface area contributed by atoms with E-state index in [4.69, 9.17) is 19.9 Å². The average molecular weight is 651 g/mol. The van der Waals surface area contributed by atoms with Crippen LogP contribution in [0.5, 0.6) is 11.6 Å². The van der Waals surface area contributed by atoms with Crippen LogP contribution in [0, 0.1) is 11.6 Å². The smallest absolute Gasteiger partial charge is 0.249 e. The molecular formula is C32H32F2N6O5S. The first-order valence-corrected chi connectivity index (χ1v) is 16.4. The minimum atomic E-state index is -4.00. The number of aryl methyl sites for hydroxylation is 1. The summed E-state index contributed by atoms with van der Waals surface area (Å²) < 4.78 is 75.4. The van der Waals surface area contributed by atoms with E-state index in [-0.39, 0.29) is 65.4 Å². The zero-order valence-electron chi connectivity index (χ0n) is 25.7. The number of anilines is 2. The number of nitrogens with zero attached hydrogens (tertiary/aromatic N) is 5. The van der Waals surface area contributed by atoms with Crippen LogP contribution in [0.15, 0.2) is 47.8 Å². The highest BCUT2D eigenvalue weighted by molar-refractivity contribution is 7.91. The minimum Gasteiger partial charge on any atom is -0.475 e. The molecule has 2 aromatic carbocycles. The van der Waals surface area contributed by atoms with Crippen molar-refractivity contribution in [2.24, 2.45) is 0 Å². The van der Waals surface area contributed by atoms with Crippen molar-refractivity contribution in [2.75, 3.05) is 43.4 Å². The molecule has 14 heteroatoms. The lowest BCUT2D eigenvalue weighted by Gasteiger charge is -2.30. The molecule has 1 unspecified atom stereocenters. The number of methoxy groups -OCH3 is 1. The predicted octanol–water partition coefficient (Wildman–Crippen LogP) is 5.40. The molecule has 0 aliphatic carbocycles. The van der Waals surface area contributed by atoms with Gasteiger partial charge in [0.05, 0.1) is 18.3 Å². The van der Waals surface area contributed by atoms with Crippen LogP contribution < -0.4 is 20.1 Å². The van der Waals surface area contributed by atoms with Crippen LogP contribution in [0.1, 0.15) is 37.9 Å². The highest BCUT2D eigenvalue weighted by Crippen LogP contribution is 2.44. The summed E-state index contributed by atoms with van der Waals surface area (Å²) in [5.41, 5.74) is 6.92. The number of rotatable bonds is 9. The number of nitrogens with two attached hydrogens (primary N) is 1. The molecule has 11 nitrogen and oxygen atoms in total. The summed E-state index contributed by atoms with van der Waals surface area (Å²) in [6.45, 7) is 5.35. The van der Waals surface area contributed by atoms with Crippen molar-refractivity contribution in [1.29, 1.82) is 0 Å². The summed E-state index contributed by atoms with van der Waals surface area (Å²) in [6, 6.07) is 9.25. The van der Waals surface area contributed by atoms with Gasteiger partial charge >= 0.3 is 0 Å². The van der Waals surface area contributed by atoms with Gasteiger partial charge in [-0.1, -0.05) is 26.0 Å². The van der Waals surface area contributed by atoms with Crippen molar-refractivity contribution in [2.45, 2.75) is 38.4 Å². The Labute approximate surface area is 264 Å². The predicted molar refractivity (Wildman–Crippen MR) is 170 cm³/mol. The van der Waals surface area contributed by atoms with Crippen molar-refractivity contribution in [3.8, 4) is 22.9 Å². The molecule has 6 rings (SSSR count). The first-order chi connectivity index (χ1) is 22.1. The molecule has 0 bridgehead atoms. The van der Waals surface area contributed by atoms with Gasteiger partial charge in [0.1, 0.15) is 46.4 Å². The molecule has 0 amide bonds. The first-order valence-electron chi connectivity index (χ1n) is 14.7. The average Bonchev–Trinajstić information content (AvgIpc) is 3.24. The van der Waals surface area contributed by atoms with Gasteiger partial charge in [-0.2, -0.15) is 0 Å². The molecule has 1 aliphatic heterocycles. The zero-order chi connectivity index (χ0) is 32.7. The van der Waals surface area contributed by atoms with Gasteiger partial charge < -0.3 is 24.8 Å². The zero-order valence-corrected chi connectivity index (χ0v) is 26.5. The van der Waals surface area contributed by atoms with Crippen LogP contribution in [0.4, 0.5) is 20.4 Å². The van der Waals surface area contributed by atoms with Crippen LogP contribution in [-0.2, 0) is 21.0 Å². The fraction of sp³-hybridized carbons (Fsp3) is 0.312. The number of sulfone groups is 1. The van der Waals surface area contributed by atoms with Crippen molar-refractivity contribution in [3.63, 3.8) is 0 Å². The Kier molecular flexibility index (Phi) is 8.33. The van der Waals surface area contributed by atoms with E-state index in [1.165, 1.54) is 20.1 Å². The lowest BCUT2D eigenvalue weighted by molar-refractivity contribution is 0.0512. The van der Waals surface area contributed by atoms with Crippen LogP contribution in [0.25, 0.3) is 32.9 Å². The number of pyridine rings is 2. The second kappa shape index (κ2) is 12.2. The first kappa shape index (κ1) is 31.3. The molecule has 0 spiro atoms. The largest absolute Gasteiger partial charge is 0.475 e. The van der Waals surface area contributed by atoms with Gasteiger partial charge in [-0.3, -0.25) is 0 Å². The van der Waals surface area contributed by atoms with E-state index in [1.807, 2.05) is 6.92 Å². The number of ether oxygens (including phenoxy) is 3. The van der Waals surface area contributed by atoms with E-state index in [0.717, 1.165) is 0 Å². The van der Waals surface area contributed by atoms with Crippen molar-refractivity contribution >= 4 is 43.1 Å². The molecule has 0 fully saturated rings. The van der Waals surface area contributed by atoms with Crippen molar-refractivity contribution in [3.05, 3.63) is 65.4 Å². The molecule has 5 aromatic rings. The molecule has 3 aromatic heterocycles. The Morgan fingerprint density at radius 3 is 2.63 bits per heavy atom. The molecule has 240 valence electrons. The molecule has 0 radical (unpaired) electrons. The molecule has 4 heterocycles. The van der Waals surface area contributed by atoms with Gasteiger partial charge in [0, 0.05) is 24.4 Å². The van der Waals surface area contributed by atoms with Crippen LogP contribution in [0.2, 0.25) is 0 Å². The number of hydrogen-bond acceptors (Lipinski definition) is 11. The molecule has 1 atom stereocenters. The van der Waals surface area contributed by atoms with Gasteiger partial charge in [0.25, 0.3) is 0 Å². The van der Waals surface area contributed by atoms with E-state index < -0.39 is 32.7 Å². The maximum Gasteiger partial charge on any atom is 0.249 e. The number of halogens is 2. The summed E-state index contributed by atoms with van der Waals surface area (Å²) in [4.78, 5) is 19.3. The third-order valence-corrected chi connectivity index (χ3v) is 9.60. The Hall–Kier alpha value is -4.69. The van der Waals surface area contributed by atoms with Gasteiger partial charge in [-0.05, 0) is 53.9 Å². The fourth-order valence-electron chi connectivity index (χ4n) is 5.77. The molecular weight excluding hydrogens is 618 g/mol. The Morgan fingerprint density at radius 1 is 1.11 bits per heavy atom. The second-order valence-corrected chi connectivity index (χ2v) is 12.9. The summed E-state index contributed by atoms with van der Waals surface area (Å²) >= 11 is 0. The minimum absolute atomic E-state index is 0.00141. The third-order valence-electron chi connectivity index (χ3n) is 8.10.